The molecule has 1 aromatic heterocycles. The average Bonchev–Trinajstić information content (AvgIpc) is 2.93. The van der Waals surface area contributed by atoms with Crippen LogP contribution in [0.5, 0.6) is 0 Å². The van der Waals surface area contributed by atoms with Crippen LogP contribution in [0.2, 0.25) is 0 Å². The minimum absolute atomic E-state index is 0.0255. The third kappa shape index (κ3) is 3.37. The maximum absolute atomic E-state index is 13.3. The summed E-state index contributed by atoms with van der Waals surface area (Å²) in [5, 5.41) is 2.03. The molecule has 1 aliphatic rings. The molecular formula is C18H23NO2S2. The van der Waals surface area contributed by atoms with Gasteiger partial charge in [0.1, 0.15) is 0 Å². The first-order valence-electron chi connectivity index (χ1n) is 8.12. The van der Waals surface area contributed by atoms with Crippen LogP contribution in [0.3, 0.4) is 0 Å². The van der Waals surface area contributed by atoms with Crippen molar-refractivity contribution in [2.75, 3.05) is 6.54 Å². The number of sulfonamides is 1. The standard InChI is InChI=1S/C18H23NO2S2/c1-14-9-10-15(2)18(13-14)23(20,21)19-11-5-3-4-7-16(19)17-8-6-12-22-17/h6,8-10,12-13,16H,3-5,7,11H2,1-2H3/t16-/m1/s1. The number of rotatable bonds is 3. The lowest BCUT2D eigenvalue weighted by molar-refractivity contribution is 0.333. The molecule has 124 valence electrons. The molecular weight excluding hydrogens is 326 g/mol. The van der Waals surface area contributed by atoms with Gasteiger partial charge in [-0.25, -0.2) is 8.42 Å². The lowest BCUT2D eigenvalue weighted by atomic mass is 10.1. The summed E-state index contributed by atoms with van der Waals surface area (Å²) >= 11 is 1.65. The number of aryl methyl sites for hydroxylation is 2. The first-order valence-corrected chi connectivity index (χ1v) is 10.4. The van der Waals surface area contributed by atoms with Gasteiger partial charge in [-0.2, -0.15) is 4.31 Å². The number of hydrogen-bond acceptors (Lipinski definition) is 3. The van der Waals surface area contributed by atoms with Gasteiger partial charge in [-0.15, -0.1) is 11.3 Å². The molecule has 2 heterocycles. The van der Waals surface area contributed by atoms with Gasteiger partial charge in [-0.3, -0.25) is 0 Å². The normalized spacial score (nSPS) is 20.3. The SMILES string of the molecule is Cc1ccc(C)c(S(=O)(=O)N2CCCCC[C@@H]2c2cccs2)c1. The number of thiophene rings is 1. The Morgan fingerprint density at radius 2 is 1.96 bits per heavy atom. The summed E-state index contributed by atoms with van der Waals surface area (Å²) in [5.41, 5.74) is 1.81. The summed E-state index contributed by atoms with van der Waals surface area (Å²) in [6.45, 7) is 4.43. The van der Waals surface area contributed by atoms with Crippen molar-refractivity contribution >= 4 is 21.4 Å². The Morgan fingerprint density at radius 1 is 1.13 bits per heavy atom. The van der Waals surface area contributed by atoms with Crippen molar-refractivity contribution in [2.24, 2.45) is 0 Å². The molecule has 1 aliphatic heterocycles. The van der Waals surface area contributed by atoms with E-state index in [0.717, 1.165) is 41.7 Å². The molecule has 23 heavy (non-hydrogen) atoms. The van der Waals surface area contributed by atoms with Crippen LogP contribution in [0.4, 0.5) is 0 Å². The number of hydrogen-bond donors (Lipinski definition) is 0. The second-order valence-electron chi connectivity index (χ2n) is 6.27. The van der Waals surface area contributed by atoms with E-state index < -0.39 is 10.0 Å². The predicted molar refractivity (Wildman–Crippen MR) is 95.3 cm³/mol. The van der Waals surface area contributed by atoms with Crippen LogP contribution in [0.25, 0.3) is 0 Å². The van der Waals surface area contributed by atoms with E-state index in [2.05, 4.69) is 6.07 Å². The molecule has 1 aromatic carbocycles. The topological polar surface area (TPSA) is 37.4 Å². The minimum Gasteiger partial charge on any atom is -0.207 e. The zero-order chi connectivity index (χ0) is 16.4. The molecule has 0 radical (unpaired) electrons. The Balaban J connectivity index is 2.06. The highest BCUT2D eigenvalue weighted by molar-refractivity contribution is 7.89. The van der Waals surface area contributed by atoms with Gasteiger partial charge in [0.25, 0.3) is 0 Å². The summed E-state index contributed by atoms with van der Waals surface area (Å²) in [7, 11) is -3.47. The molecule has 2 aromatic rings. The van der Waals surface area contributed by atoms with Crippen LogP contribution in [0, 0.1) is 13.8 Å². The van der Waals surface area contributed by atoms with Crippen LogP contribution in [0.15, 0.2) is 40.6 Å². The highest BCUT2D eigenvalue weighted by atomic mass is 32.2. The van der Waals surface area contributed by atoms with E-state index in [0.29, 0.717) is 11.4 Å². The Hall–Kier alpha value is -1.17. The fraction of sp³-hybridized carbons (Fsp3) is 0.444. The third-order valence-electron chi connectivity index (χ3n) is 4.51. The fourth-order valence-corrected chi connectivity index (χ4v) is 6.17. The zero-order valence-corrected chi connectivity index (χ0v) is 15.3. The monoisotopic (exact) mass is 349 g/mol. The van der Waals surface area contributed by atoms with Crippen molar-refractivity contribution in [1.29, 1.82) is 0 Å². The second-order valence-corrected chi connectivity index (χ2v) is 9.10. The highest BCUT2D eigenvalue weighted by Gasteiger charge is 2.34. The van der Waals surface area contributed by atoms with Gasteiger partial charge >= 0.3 is 0 Å². The molecule has 3 rings (SSSR count). The largest absolute Gasteiger partial charge is 0.243 e. The third-order valence-corrected chi connectivity index (χ3v) is 7.53. The van der Waals surface area contributed by atoms with E-state index in [1.807, 2.05) is 37.4 Å². The van der Waals surface area contributed by atoms with Crippen molar-refractivity contribution in [1.82, 2.24) is 4.31 Å². The smallest absolute Gasteiger partial charge is 0.207 e. The highest BCUT2D eigenvalue weighted by Crippen LogP contribution is 2.37. The van der Waals surface area contributed by atoms with Crippen LogP contribution in [-0.2, 0) is 10.0 Å². The van der Waals surface area contributed by atoms with Gasteiger partial charge in [0.15, 0.2) is 0 Å². The van der Waals surface area contributed by atoms with Crippen molar-refractivity contribution in [3.8, 4) is 0 Å². The lowest BCUT2D eigenvalue weighted by Crippen LogP contribution is -2.35. The molecule has 0 unspecified atom stereocenters. The van der Waals surface area contributed by atoms with Gasteiger partial charge in [0.05, 0.1) is 10.9 Å². The Labute approximate surface area is 143 Å². The van der Waals surface area contributed by atoms with Crippen molar-refractivity contribution < 1.29 is 8.42 Å². The summed E-state index contributed by atoms with van der Waals surface area (Å²) < 4.78 is 28.4. The molecule has 0 aliphatic carbocycles. The first kappa shape index (κ1) is 16.7. The lowest BCUT2D eigenvalue weighted by Gasteiger charge is -2.29. The van der Waals surface area contributed by atoms with Crippen LogP contribution < -0.4 is 0 Å². The Bertz CT molecular complexity index is 766. The van der Waals surface area contributed by atoms with Crippen LogP contribution in [-0.4, -0.2) is 19.3 Å². The first-order chi connectivity index (χ1) is 11.0. The Morgan fingerprint density at radius 3 is 2.70 bits per heavy atom. The molecule has 1 saturated heterocycles. The zero-order valence-electron chi connectivity index (χ0n) is 13.7. The number of benzene rings is 1. The summed E-state index contributed by atoms with van der Waals surface area (Å²) in [6.07, 6.45) is 4.03. The maximum Gasteiger partial charge on any atom is 0.243 e. The quantitative estimate of drug-likeness (QED) is 0.807. The molecule has 0 spiro atoms. The van der Waals surface area contributed by atoms with E-state index in [1.54, 1.807) is 21.7 Å². The van der Waals surface area contributed by atoms with Gasteiger partial charge < -0.3 is 0 Å². The molecule has 1 fully saturated rings. The van der Waals surface area contributed by atoms with Crippen molar-refractivity contribution in [3.05, 3.63) is 51.7 Å². The van der Waals surface area contributed by atoms with Crippen molar-refractivity contribution in [2.45, 2.75) is 50.5 Å². The average molecular weight is 350 g/mol. The molecule has 0 saturated carbocycles. The molecule has 5 heteroatoms. The minimum atomic E-state index is -3.47. The molecule has 3 nitrogen and oxygen atoms in total. The van der Waals surface area contributed by atoms with Crippen LogP contribution in [0.1, 0.15) is 47.7 Å². The molecule has 0 N–H and O–H groups in total. The van der Waals surface area contributed by atoms with E-state index in [-0.39, 0.29) is 6.04 Å². The maximum atomic E-state index is 13.3. The van der Waals surface area contributed by atoms with Crippen molar-refractivity contribution in [3.63, 3.8) is 0 Å². The summed E-state index contributed by atoms with van der Waals surface area (Å²) in [6, 6.07) is 9.72. The van der Waals surface area contributed by atoms with E-state index in [4.69, 9.17) is 0 Å². The van der Waals surface area contributed by atoms with Gasteiger partial charge in [0.2, 0.25) is 10.0 Å². The fourth-order valence-electron chi connectivity index (χ4n) is 3.25. The van der Waals surface area contributed by atoms with E-state index >= 15 is 0 Å². The van der Waals surface area contributed by atoms with E-state index in [9.17, 15) is 8.42 Å². The predicted octanol–water partition coefficient (Wildman–Crippen LogP) is 4.67. The molecule has 0 amide bonds. The summed E-state index contributed by atoms with van der Waals surface area (Å²) in [4.78, 5) is 1.61. The molecule has 1 atom stereocenters. The number of nitrogens with zero attached hydrogens (tertiary/aromatic N) is 1. The van der Waals surface area contributed by atoms with Gasteiger partial charge in [-0.05, 0) is 55.3 Å². The van der Waals surface area contributed by atoms with Gasteiger partial charge in [-0.1, -0.05) is 31.0 Å². The Kier molecular flexibility index (Phi) is 4.90. The summed E-state index contributed by atoms with van der Waals surface area (Å²) in [5.74, 6) is 0. The molecule has 0 bridgehead atoms. The van der Waals surface area contributed by atoms with E-state index in [1.165, 1.54) is 0 Å². The second kappa shape index (κ2) is 6.75. The van der Waals surface area contributed by atoms with Crippen LogP contribution >= 0.6 is 11.3 Å². The van der Waals surface area contributed by atoms with Gasteiger partial charge in [0, 0.05) is 11.4 Å².